The number of allylic oxidation sites excluding steroid dienone is 1. The summed E-state index contributed by atoms with van der Waals surface area (Å²) in [5.74, 6) is -3.46. The highest BCUT2D eigenvalue weighted by Crippen LogP contribution is 2.19. The van der Waals surface area contributed by atoms with E-state index in [0.717, 1.165) is 5.70 Å². The van der Waals surface area contributed by atoms with E-state index in [1.165, 1.54) is 0 Å². The molecule has 0 bridgehead atoms. The highest BCUT2D eigenvalue weighted by atomic mass is 19.1. The summed E-state index contributed by atoms with van der Waals surface area (Å²) in [6.07, 6.45) is 3.98. The zero-order valence-corrected chi connectivity index (χ0v) is 12.1. The molecule has 0 spiro atoms. The van der Waals surface area contributed by atoms with Crippen LogP contribution in [0, 0.1) is 17.5 Å². The van der Waals surface area contributed by atoms with Crippen LogP contribution in [0.3, 0.4) is 0 Å². The summed E-state index contributed by atoms with van der Waals surface area (Å²) in [5.41, 5.74) is 4.14. The van der Waals surface area contributed by atoms with Crippen LogP contribution in [-0.4, -0.2) is 24.1 Å². The minimum atomic E-state index is -1.02. The van der Waals surface area contributed by atoms with Gasteiger partial charge in [0.25, 0.3) is 0 Å². The van der Waals surface area contributed by atoms with E-state index < -0.39 is 23.4 Å². The van der Waals surface area contributed by atoms with Gasteiger partial charge in [-0.1, -0.05) is 6.08 Å². The van der Waals surface area contributed by atoms with Crippen LogP contribution in [0.15, 0.2) is 35.7 Å². The second-order valence-electron chi connectivity index (χ2n) is 5.22. The number of hydrogen-bond acceptors (Lipinski definition) is 4. The van der Waals surface area contributed by atoms with Gasteiger partial charge < -0.3 is 5.32 Å². The Morgan fingerprint density at radius 1 is 1.26 bits per heavy atom. The second-order valence-corrected chi connectivity index (χ2v) is 5.22. The van der Waals surface area contributed by atoms with Crippen molar-refractivity contribution < 1.29 is 18.0 Å². The third-order valence-electron chi connectivity index (χ3n) is 3.66. The monoisotopic (exact) mass is 324 g/mol. The Bertz CT molecular complexity index is 679. The van der Waals surface area contributed by atoms with Crippen molar-refractivity contribution in [2.75, 3.05) is 13.2 Å². The predicted octanol–water partition coefficient (Wildman–Crippen LogP) is 1.26. The van der Waals surface area contributed by atoms with Crippen molar-refractivity contribution in [3.8, 4) is 0 Å². The maximum absolute atomic E-state index is 13.5. The first-order valence-electron chi connectivity index (χ1n) is 7.09. The van der Waals surface area contributed by atoms with Gasteiger partial charge in [0.2, 0.25) is 5.91 Å². The van der Waals surface area contributed by atoms with Crippen molar-refractivity contribution in [1.82, 2.24) is 21.1 Å². The number of carbonyl (C=O) groups is 1. The summed E-state index contributed by atoms with van der Waals surface area (Å²) >= 11 is 0. The number of hydrogen-bond donors (Lipinski definition) is 3. The van der Waals surface area contributed by atoms with Crippen LogP contribution in [0.5, 0.6) is 0 Å². The lowest BCUT2D eigenvalue weighted by atomic mass is 10.1. The Labute approximate surface area is 130 Å². The quantitative estimate of drug-likeness (QED) is 0.784. The molecule has 2 aliphatic heterocycles. The zero-order valence-electron chi connectivity index (χ0n) is 12.1. The van der Waals surface area contributed by atoms with Crippen LogP contribution < -0.4 is 16.1 Å². The molecule has 1 amide bonds. The fourth-order valence-electron chi connectivity index (χ4n) is 2.43. The number of benzene rings is 1. The maximum Gasteiger partial charge on any atom is 0.249 e. The first kappa shape index (κ1) is 15.6. The topological polar surface area (TPSA) is 56.4 Å². The van der Waals surface area contributed by atoms with Crippen molar-refractivity contribution in [3.63, 3.8) is 0 Å². The molecule has 122 valence electrons. The van der Waals surface area contributed by atoms with Crippen molar-refractivity contribution in [2.45, 2.75) is 13.0 Å². The normalized spacial score (nSPS) is 17.3. The summed E-state index contributed by atoms with van der Waals surface area (Å²) in [7, 11) is 0. The van der Waals surface area contributed by atoms with Crippen LogP contribution in [-0.2, 0) is 11.3 Å². The Morgan fingerprint density at radius 3 is 2.74 bits per heavy atom. The number of fused-ring (bicyclic) bond motifs is 1. The van der Waals surface area contributed by atoms with E-state index in [1.807, 2.05) is 6.08 Å². The number of halogens is 3. The van der Waals surface area contributed by atoms with E-state index in [9.17, 15) is 18.0 Å². The number of nitrogens with zero attached hydrogens (tertiary/aromatic N) is 1. The Hall–Kier alpha value is -2.32. The number of rotatable bonds is 3. The Morgan fingerprint density at radius 2 is 2.00 bits per heavy atom. The first-order valence-corrected chi connectivity index (χ1v) is 7.09. The van der Waals surface area contributed by atoms with Gasteiger partial charge >= 0.3 is 0 Å². The average molecular weight is 324 g/mol. The first-order chi connectivity index (χ1) is 11.0. The lowest BCUT2D eigenvalue weighted by molar-refractivity contribution is -0.117. The fourth-order valence-corrected chi connectivity index (χ4v) is 2.43. The van der Waals surface area contributed by atoms with E-state index >= 15 is 0 Å². The van der Waals surface area contributed by atoms with Crippen LogP contribution >= 0.6 is 0 Å². The number of amides is 1. The molecule has 1 saturated heterocycles. The minimum Gasteiger partial charge on any atom is -0.348 e. The minimum absolute atomic E-state index is 0.348. The molecular formula is C15H15F3N4O. The van der Waals surface area contributed by atoms with Crippen LogP contribution in [0.1, 0.15) is 12.0 Å². The summed E-state index contributed by atoms with van der Waals surface area (Å²) in [6.45, 7) is 0.929. The van der Waals surface area contributed by atoms with Gasteiger partial charge in [-0.25, -0.2) is 18.6 Å². The average Bonchev–Trinajstić information content (AvgIpc) is 2.53. The van der Waals surface area contributed by atoms with Crippen LogP contribution in [0.4, 0.5) is 13.2 Å². The van der Waals surface area contributed by atoms with Crippen molar-refractivity contribution in [1.29, 1.82) is 0 Å². The van der Waals surface area contributed by atoms with Crippen LogP contribution in [0.2, 0.25) is 0 Å². The van der Waals surface area contributed by atoms with Crippen LogP contribution in [0.25, 0.3) is 0 Å². The van der Waals surface area contributed by atoms with Gasteiger partial charge in [0, 0.05) is 48.3 Å². The van der Waals surface area contributed by atoms with E-state index in [1.54, 1.807) is 11.2 Å². The van der Waals surface area contributed by atoms with E-state index in [2.05, 4.69) is 16.1 Å². The van der Waals surface area contributed by atoms with E-state index in [0.29, 0.717) is 37.3 Å². The molecule has 2 heterocycles. The van der Waals surface area contributed by atoms with Crippen molar-refractivity contribution in [3.05, 3.63) is 58.7 Å². The van der Waals surface area contributed by atoms with Gasteiger partial charge in [-0.05, 0) is 6.42 Å². The highest BCUT2D eigenvalue weighted by Gasteiger charge is 2.21. The lowest BCUT2D eigenvalue weighted by Crippen LogP contribution is -2.49. The van der Waals surface area contributed by atoms with Gasteiger partial charge in [-0.2, -0.15) is 0 Å². The molecule has 1 fully saturated rings. The molecule has 0 atom stereocenters. The summed E-state index contributed by atoms with van der Waals surface area (Å²) in [6, 6.07) is 1.17. The van der Waals surface area contributed by atoms with Gasteiger partial charge in [0.1, 0.15) is 17.5 Å². The highest BCUT2D eigenvalue weighted by molar-refractivity contribution is 5.93. The maximum atomic E-state index is 13.5. The lowest BCUT2D eigenvalue weighted by Gasteiger charge is -2.33. The molecule has 8 heteroatoms. The van der Waals surface area contributed by atoms with Gasteiger partial charge in [0.15, 0.2) is 0 Å². The number of hydrazine groups is 1. The molecule has 3 N–H and O–H groups in total. The third-order valence-corrected chi connectivity index (χ3v) is 3.66. The summed E-state index contributed by atoms with van der Waals surface area (Å²) in [5, 5.41) is 7.33. The molecule has 0 radical (unpaired) electrons. The van der Waals surface area contributed by atoms with Crippen molar-refractivity contribution in [2.24, 2.45) is 0 Å². The Kier molecular flexibility index (Phi) is 4.35. The fraction of sp³-hybridized carbons (Fsp3) is 0.267. The molecule has 3 rings (SSSR count). The second kappa shape index (κ2) is 6.43. The number of nitrogens with one attached hydrogen (secondary N) is 3. The summed E-state index contributed by atoms with van der Waals surface area (Å²) < 4.78 is 39.9. The Balaban J connectivity index is 1.65. The van der Waals surface area contributed by atoms with E-state index in [-0.39, 0.29) is 12.1 Å². The third kappa shape index (κ3) is 3.38. The van der Waals surface area contributed by atoms with Gasteiger partial charge in [0.05, 0.1) is 6.67 Å². The standard InChI is InChI=1S/C15H15F3N4O/c16-10-3-13(17)12(14(18)4-10)6-20-15(23)9-1-2-11-5-19-8-21-22(11)7-9/h2-4,7,19,21H,1,5-6,8H2,(H,20,23). The molecule has 2 aliphatic rings. The van der Waals surface area contributed by atoms with E-state index in [4.69, 9.17) is 0 Å². The number of carbonyl (C=O) groups excluding carboxylic acids is 1. The molecule has 1 aromatic rings. The largest absolute Gasteiger partial charge is 0.348 e. The molecule has 0 unspecified atom stereocenters. The van der Waals surface area contributed by atoms with Crippen molar-refractivity contribution >= 4 is 5.91 Å². The predicted molar refractivity (Wildman–Crippen MR) is 76.8 cm³/mol. The smallest absolute Gasteiger partial charge is 0.249 e. The molecule has 23 heavy (non-hydrogen) atoms. The molecule has 0 aromatic heterocycles. The van der Waals surface area contributed by atoms with Gasteiger partial charge in [-0.15, -0.1) is 0 Å². The summed E-state index contributed by atoms with van der Waals surface area (Å²) in [4.78, 5) is 12.1. The molecule has 0 saturated carbocycles. The molecular weight excluding hydrogens is 309 g/mol. The molecule has 0 aliphatic carbocycles. The SMILES string of the molecule is O=C(NCc1c(F)cc(F)cc1F)C1=CN2NCNCC2=CC1. The molecule has 5 nitrogen and oxygen atoms in total. The van der Waals surface area contributed by atoms with Gasteiger partial charge in [-0.3, -0.25) is 15.1 Å². The molecule has 1 aromatic carbocycles. The zero-order chi connectivity index (χ0) is 16.4.